The lowest BCUT2D eigenvalue weighted by Gasteiger charge is -2.17. The maximum Gasteiger partial charge on any atom is 0.235 e. The van der Waals surface area contributed by atoms with Crippen LogP contribution >= 0.6 is 23.4 Å². The van der Waals surface area contributed by atoms with E-state index in [1.807, 2.05) is 54.0 Å². The van der Waals surface area contributed by atoms with Gasteiger partial charge in [-0.3, -0.25) is 9.36 Å². The largest absolute Gasteiger partial charge is 0.348 e. The lowest BCUT2D eigenvalue weighted by Crippen LogP contribution is -2.29. The molecular formula is C20H21ClN4OS. The molecule has 140 valence electrons. The van der Waals surface area contributed by atoms with Gasteiger partial charge in [0.05, 0.1) is 11.8 Å². The molecule has 0 aliphatic carbocycles. The molecule has 0 fully saturated rings. The highest BCUT2D eigenvalue weighted by molar-refractivity contribution is 8.00. The number of carbonyl (C=O) groups excluding carboxylic acids is 1. The minimum Gasteiger partial charge on any atom is -0.348 e. The first kappa shape index (κ1) is 19.5. The molecule has 2 aromatic carbocycles. The molecule has 0 N–H and O–H groups in total. The van der Waals surface area contributed by atoms with Crippen LogP contribution in [0.4, 0.5) is 0 Å². The first-order valence-electron chi connectivity index (χ1n) is 8.56. The molecule has 0 unspecified atom stereocenters. The zero-order chi connectivity index (χ0) is 19.4. The lowest BCUT2D eigenvalue weighted by atomic mass is 10.2. The van der Waals surface area contributed by atoms with E-state index in [4.69, 9.17) is 11.6 Å². The van der Waals surface area contributed by atoms with Gasteiger partial charge in [-0.15, -0.1) is 10.2 Å². The quantitative estimate of drug-likeness (QED) is 0.581. The number of thioether (sulfide) groups is 1. The van der Waals surface area contributed by atoms with E-state index >= 15 is 0 Å². The number of amides is 1. The molecule has 0 spiro atoms. The van der Waals surface area contributed by atoms with Gasteiger partial charge in [-0.2, -0.15) is 0 Å². The number of aromatic nitrogens is 3. The maximum atomic E-state index is 12.3. The molecule has 0 aliphatic rings. The van der Waals surface area contributed by atoms with Crippen molar-refractivity contribution >= 4 is 29.3 Å². The number of rotatable bonds is 6. The Morgan fingerprint density at radius 2 is 1.78 bits per heavy atom. The van der Waals surface area contributed by atoms with Crippen molar-refractivity contribution < 1.29 is 4.79 Å². The van der Waals surface area contributed by atoms with Crippen LogP contribution in [0.25, 0.3) is 11.4 Å². The molecule has 7 heteroatoms. The molecule has 0 aliphatic heterocycles. The van der Waals surface area contributed by atoms with Crippen LogP contribution in [0.3, 0.4) is 0 Å². The smallest absolute Gasteiger partial charge is 0.235 e. The Hall–Kier alpha value is -2.31. The topological polar surface area (TPSA) is 51.0 Å². The fourth-order valence-electron chi connectivity index (χ4n) is 2.67. The van der Waals surface area contributed by atoms with Gasteiger partial charge in [0.1, 0.15) is 0 Å². The Balaban J connectivity index is 1.97. The van der Waals surface area contributed by atoms with E-state index in [1.165, 1.54) is 11.8 Å². The van der Waals surface area contributed by atoms with Crippen LogP contribution in [-0.4, -0.2) is 44.9 Å². The maximum absolute atomic E-state index is 12.3. The molecule has 0 saturated carbocycles. The molecular weight excluding hydrogens is 380 g/mol. The average molecular weight is 401 g/mol. The molecule has 5 nitrogen and oxygen atoms in total. The number of halogens is 1. The highest BCUT2D eigenvalue weighted by atomic mass is 35.5. The van der Waals surface area contributed by atoms with Crippen molar-refractivity contribution in [1.82, 2.24) is 19.7 Å². The van der Waals surface area contributed by atoms with Gasteiger partial charge in [-0.25, -0.2) is 0 Å². The zero-order valence-electron chi connectivity index (χ0n) is 15.5. The van der Waals surface area contributed by atoms with Crippen molar-refractivity contribution in [1.29, 1.82) is 0 Å². The van der Waals surface area contributed by atoms with E-state index in [0.717, 1.165) is 17.0 Å². The standard InChI is InChI=1S/C20H21ClN4OS/c1-14(19(26)24(2)3)27-20-23-22-18(16-9-11-17(21)12-10-16)25(20)13-15-7-5-4-6-8-15/h4-12,14H,13H2,1-3H3/t14-/m1/s1. The average Bonchev–Trinajstić information content (AvgIpc) is 3.04. The summed E-state index contributed by atoms with van der Waals surface area (Å²) in [4.78, 5) is 13.9. The van der Waals surface area contributed by atoms with Gasteiger partial charge in [0.2, 0.25) is 5.91 Å². The van der Waals surface area contributed by atoms with E-state index in [0.29, 0.717) is 16.7 Å². The van der Waals surface area contributed by atoms with Crippen LogP contribution in [0.1, 0.15) is 12.5 Å². The first-order valence-corrected chi connectivity index (χ1v) is 9.82. The number of benzene rings is 2. The minimum absolute atomic E-state index is 0.0438. The summed E-state index contributed by atoms with van der Waals surface area (Å²) in [6, 6.07) is 17.7. The van der Waals surface area contributed by atoms with Crippen molar-refractivity contribution in [3.63, 3.8) is 0 Å². The second kappa shape index (κ2) is 8.59. The molecule has 0 radical (unpaired) electrons. The molecule has 3 rings (SSSR count). The molecule has 0 saturated heterocycles. The van der Waals surface area contributed by atoms with Crippen molar-refractivity contribution in [3.8, 4) is 11.4 Å². The zero-order valence-corrected chi connectivity index (χ0v) is 17.0. The third-order valence-corrected chi connectivity index (χ3v) is 5.39. The van der Waals surface area contributed by atoms with E-state index in [9.17, 15) is 4.79 Å². The van der Waals surface area contributed by atoms with E-state index in [2.05, 4.69) is 22.3 Å². The number of nitrogens with zero attached hydrogens (tertiary/aromatic N) is 4. The van der Waals surface area contributed by atoms with E-state index in [-0.39, 0.29) is 11.2 Å². The SMILES string of the molecule is C[C@@H](Sc1nnc(-c2ccc(Cl)cc2)n1Cc1ccccc1)C(=O)N(C)C. The Labute approximate surface area is 168 Å². The van der Waals surface area contributed by atoms with Crippen LogP contribution in [0, 0.1) is 0 Å². The number of hydrogen-bond acceptors (Lipinski definition) is 4. The third-order valence-electron chi connectivity index (χ3n) is 4.07. The predicted octanol–water partition coefficient (Wildman–Crippen LogP) is 4.22. The Kier molecular flexibility index (Phi) is 6.19. The summed E-state index contributed by atoms with van der Waals surface area (Å²) < 4.78 is 2.04. The molecule has 27 heavy (non-hydrogen) atoms. The Bertz CT molecular complexity index is 909. The fourth-order valence-corrected chi connectivity index (χ4v) is 3.79. The van der Waals surface area contributed by atoms with Crippen LogP contribution in [0.2, 0.25) is 5.02 Å². The fraction of sp³-hybridized carbons (Fsp3) is 0.250. The van der Waals surface area contributed by atoms with Gasteiger partial charge >= 0.3 is 0 Å². The molecule has 0 bridgehead atoms. The lowest BCUT2D eigenvalue weighted by molar-refractivity contribution is -0.127. The second-order valence-electron chi connectivity index (χ2n) is 6.38. The van der Waals surface area contributed by atoms with Gasteiger partial charge in [0, 0.05) is 24.7 Å². The summed E-state index contributed by atoms with van der Waals surface area (Å²) in [5.41, 5.74) is 2.07. The van der Waals surface area contributed by atoms with Gasteiger partial charge in [0.25, 0.3) is 0 Å². The molecule has 1 atom stereocenters. The summed E-state index contributed by atoms with van der Waals surface area (Å²) >= 11 is 7.43. The van der Waals surface area contributed by atoms with E-state index < -0.39 is 0 Å². The summed E-state index contributed by atoms with van der Waals surface area (Å²) in [6.45, 7) is 2.51. The monoisotopic (exact) mass is 400 g/mol. The van der Waals surface area contributed by atoms with Crippen molar-refractivity contribution in [2.75, 3.05) is 14.1 Å². The predicted molar refractivity (Wildman–Crippen MR) is 110 cm³/mol. The summed E-state index contributed by atoms with van der Waals surface area (Å²) in [5, 5.41) is 9.89. The van der Waals surface area contributed by atoms with Gasteiger partial charge < -0.3 is 4.90 Å². The van der Waals surface area contributed by atoms with Crippen LogP contribution in [-0.2, 0) is 11.3 Å². The normalized spacial score (nSPS) is 12.0. The van der Waals surface area contributed by atoms with Crippen LogP contribution in [0.15, 0.2) is 59.8 Å². The summed E-state index contributed by atoms with van der Waals surface area (Å²) in [7, 11) is 3.51. The molecule has 1 heterocycles. The van der Waals surface area contributed by atoms with Crippen LogP contribution < -0.4 is 0 Å². The third kappa shape index (κ3) is 4.70. The van der Waals surface area contributed by atoms with E-state index in [1.54, 1.807) is 19.0 Å². The Morgan fingerprint density at radius 1 is 1.11 bits per heavy atom. The van der Waals surface area contributed by atoms with Crippen LogP contribution in [0.5, 0.6) is 0 Å². The van der Waals surface area contributed by atoms with Crippen molar-refractivity contribution in [2.24, 2.45) is 0 Å². The van der Waals surface area contributed by atoms with Crippen molar-refractivity contribution in [2.45, 2.75) is 23.9 Å². The molecule has 1 aromatic heterocycles. The van der Waals surface area contributed by atoms with Crippen molar-refractivity contribution in [3.05, 3.63) is 65.2 Å². The summed E-state index contributed by atoms with van der Waals surface area (Å²) in [5.74, 6) is 0.796. The molecule has 1 amide bonds. The Morgan fingerprint density at radius 3 is 2.41 bits per heavy atom. The minimum atomic E-state index is -0.253. The highest BCUT2D eigenvalue weighted by Crippen LogP contribution is 2.29. The summed E-state index contributed by atoms with van der Waals surface area (Å²) in [6.07, 6.45) is 0. The second-order valence-corrected chi connectivity index (χ2v) is 8.12. The van der Waals surface area contributed by atoms with Gasteiger partial charge in [-0.05, 0) is 36.8 Å². The van der Waals surface area contributed by atoms with Gasteiger partial charge in [-0.1, -0.05) is 53.7 Å². The van der Waals surface area contributed by atoms with Gasteiger partial charge in [0.15, 0.2) is 11.0 Å². The first-order chi connectivity index (χ1) is 13.0. The molecule has 3 aromatic rings. The number of hydrogen-bond donors (Lipinski definition) is 0. The number of carbonyl (C=O) groups is 1. The highest BCUT2D eigenvalue weighted by Gasteiger charge is 2.22.